The van der Waals surface area contributed by atoms with Gasteiger partial charge in [-0.1, -0.05) is 46.0 Å². The Morgan fingerprint density at radius 3 is 2.57 bits per heavy atom. The van der Waals surface area contributed by atoms with Crippen LogP contribution in [0.15, 0.2) is 0 Å². The van der Waals surface area contributed by atoms with Crippen LogP contribution in [0.25, 0.3) is 0 Å². The second kappa shape index (κ2) is 7.28. The maximum atomic E-state index is 3.73. The molecule has 84 valence electrons. The lowest BCUT2D eigenvalue weighted by Crippen LogP contribution is -2.34. The SMILES string of the molecule is CCCCC(C)CNC1CCCCC1. The molecule has 0 heterocycles. The van der Waals surface area contributed by atoms with Crippen molar-refractivity contribution in [2.75, 3.05) is 6.54 Å². The first-order valence-corrected chi connectivity index (χ1v) is 6.56. The maximum Gasteiger partial charge on any atom is 0.00671 e. The molecule has 0 radical (unpaired) electrons. The molecule has 0 aliphatic heterocycles. The number of hydrogen-bond donors (Lipinski definition) is 1. The third-order valence-corrected chi connectivity index (χ3v) is 3.41. The van der Waals surface area contributed by atoms with E-state index in [4.69, 9.17) is 0 Å². The highest BCUT2D eigenvalue weighted by molar-refractivity contribution is 4.72. The zero-order chi connectivity index (χ0) is 10.2. The van der Waals surface area contributed by atoms with Gasteiger partial charge in [-0.05, 0) is 31.7 Å². The molecular formula is C13H27N. The van der Waals surface area contributed by atoms with Crippen LogP contribution in [-0.4, -0.2) is 12.6 Å². The van der Waals surface area contributed by atoms with Gasteiger partial charge in [0, 0.05) is 6.04 Å². The number of unbranched alkanes of at least 4 members (excludes halogenated alkanes) is 1. The van der Waals surface area contributed by atoms with E-state index in [2.05, 4.69) is 19.2 Å². The normalized spacial score (nSPS) is 21.0. The predicted molar refractivity (Wildman–Crippen MR) is 63.6 cm³/mol. The highest BCUT2D eigenvalue weighted by atomic mass is 14.9. The van der Waals surface area contributed by atoms with E-state index in [1.54, 1.807) is 0 Å². The van der Waals surface area contributed by atoms with Crippen LogP contribution in [0.4, 0.5) is 0 Å². The van der Waals surface area contributed by atoms with E-state index < -0.39 is 0 Å². The van der Waals surface area contributed by atoms with Crippen LogP contribution in [0.3, 0.4) is 0 Å². The van der Waals surface area contributed by atoms with Gasteiger partial charge in [0.15, 0.2) is 0 Å². The molecule has 14 heavy (non-hydrogen) atoms. The fourth-order valence-electron chi connectivity index (χ4n) is 2.33. The first kappa shape index (κ1) is 12.0. The minimum atomic E-state index is 0.841. The average molecular weight is 197 g/mol. The Bertz CT molecular complexity index is 127. The molecule has 1 heteroatoms. The van der Waals surface area contributed by atoms with Crippen molar-refractivity contribution < 1.29 is 0 Å². The molecule has 1 N–H and O–H groups in total. The van der Waals surface area contributed by atoms with Gasteiger partial charge in [0.1, 0.15) is 0 Å². The molecular weight excluding hydrogens is 170 g/mol. The molecule has 1 nitrogen and oxygen atoms in total. The molecule has 0 aromatic heterocycles. The van der Waals surface area contributed by atoms with Gasteiger partial charge in [0.05, 0.1) is 0 Å². The Hall–Kier alpha value is -0.0400. The predicted octanol–water partition coefficient (Wildman–Crippen LogP) is 3.74. The molecule has 0 bridgehead atoms. The van der Waals surface area contributed by atoms with Gasteiger partial charge in [-0.15, -0.1) is 0 Å². The quantitative estimate of drug-likeness (QED) is 0.684. The summed E-state index contributed by atoms with van der Waals surface area (Å²) in [5, 5.41) is 3.73. The van der Waals surface area contributed by atoms with Gasteiger partial charge < -0.3 is 5.32 Å². The zero-order valence-electron chi connectivity index (χ0n) is 10.0. The van der Waals surface area contributed by atoms with Gasteiger partial charge in [0.25, 0.3) is 0 Å². The molecule has 0 spiro atoms. The van der Waals surface area contributed by atoms with Gasteiger partial charge in [-0.2, -0.15) is 0 Å². The summed E-state index contributed by atoms with van der Waals surface area (Å²) in [6, 6.07) is 0.841. The Kier molecular flexibility index (Phi) is 6.25. The van der Waals surface area contributed by atoms with E-state index in [-0.39, 0.29) is 0 Å². The first-order valence-electron chi connectivity index (χ1n) is 6.56. The molecule has 1 rings (SSSR count). The molecule has 1 fully saturated rings. The molecule has 1 saturated carbocycles. The van der Waals surface area contributed by atoms with Crippen LogP contribution in [0, 0.1) is 5.92 Å². The second-order valence-electron chi connectivity index (χ2n) is 4.99. The fraction of sp³-hybridized carbons (Fsp3) is 1.00. The van der Waals surface area contributed by atoms with Crippen molar-refractivity contribution in [3.8, 4) is 0 Å². The highest BCUT2D eigenvalue weighted by Crippen LogP contribution is 2.17. The standard InChI is InChI=1S/C13H27N/c1-3-4-8-12(2)11-14-13-9-6-5-7-10-13/h12-14H,3-11H2,1-2H3. The molecule has 1 atom stereocenters. The topological polar surface area (TPSA) is 12.0 Å². The summed E-state index contributed by atoms with van der Waals surface area (Å²) in [5.74, 6) is 0.872. The maximum absolute atomic E-state index is 3.73. The van der Waals surface area contributed by atoms with Crippen molar-refractivity contribution in [1.82, 2.24) is 5.32 Å². The summed E-state index contributed by atoms with van der Waals surface area (Å²) in [5.41, 5.74) is 0. The molecule has 0 saturated heterocycles. The lowest BCUT2D eigenvalue weighted by molar-refractivity contribution is 0.344. The van der Waals surface area contributed by atoms with Gasteiger partial charge in [0.2, 0.25) is 0 Å². The minimum absolute atomic E-state index is 0.841. The first-order chi connectivity index (χ1) is 6.83. The molecule has 0 aromatic rings. The number of hydrogen-bond acceptors (Lipinski definition) is 1. The van der Waals surface area contributed by atoms with Gasteiger partial charge >= 0.3 is 0 Å². The Morgan fingerprint density at radius 1 is 1.21 bits per heavy atom. The van der Waals surface area contributed by atoms with Crippen molar-refractivity contribution in [2.24, 2.45) is 5.92 Å². The Morgan fingerprint density at radius 2 is 1.93 bits per heavy atom. The lowest BCUT2D eigenvalue weighted by Gasteiger charge is -2.24. The molecule has 0 aromatic carbocycles. The van der Waals surface area contributed by atoms with Crippen molar-refractivity contribution >= 4 is 0 Å². The van der Waals surface area contributed by atoms with Crippen LogP contribution in [0.2, 0.25) is 0 Å². The van der Waals surface area contributed by atoms with E-state index in [1.807, 2.05) is 0 Å². The van der Waals surface area contributed by atoms with E-state index in [9.17, 15) is 0 Å². The molecule has 1 aliphatic carbocycles. The largest absolute Gasteiger partial charge is 0.314 e. The minimum Gasteiger partial charge on any atom is -0.314 e. The number of nitrogens with one attached hydrogen (secondary N) is 1. The van der Waals surface area contributed by atoms with Crippen LogP contribution < -0.4 is 5.32 Å². The van der Waals surface area contributed by atoms with E-state index >= 15 is 0 Å². The summed E-state index contributed by atoms with van der Waals surface area (Å²) in [4.78, 5) is 0. The van der Waals surface area contributed by atoms with Crippen LogP contribution in [-0.2, 0) is 0 Å². The van der Waals surface area contributed by atoms with Crippen molar-refractivity contribution in [1.29, 1.82) is 0 Å². The zero-order valence-corrected chi connectivity index (χ0v) is 10.0. The van der Waals surface area contributed by atoms with Crippen molar-refractivity contribution in [3.05, 3.63) is 0 Å². The average Bonchev–Trinajstić information content (AvgIpc) is 2.25. The Labute approximate surface area is 89.7 Å². The van der Waals surface area contributed by atoms with E-state index in [0.717, 1.165) is 12.0 Å². The van der Waals surface area contributed by atoms with Crippen molar-refractivity contribution in [2.45, 2.75) is 71.3 Å². The Balaban J connectivity index is 2.00. The molecule has 1 unspecified atom stereocenters. The van der Waals surface area contributed by atoms with Gasteiger partial charge in [-0.25, -0.2) is 0 Å². The third-order valence-electron chi connectivity index (χ3n) is 3.41. The highest BCUT2D eigenvalue weighted by Gasteiger charge is 2.13. The smallest absolute Gasteiger partial charge is 0.00671 e. The van der Waals surface area contributed by atoms with Crippen LogP contribution in [0.1, 0.15) is 65.2 Å². The number of rotatable bonds is 6. The summed E-state index contributed by atoms with van der Waals surface area (Å²) in [7, 11) is 0. The van der Waals surface area contributed by atoms with E-state index in [0.29, 0.717) is 0 Å². The van der Waals surface area contributed by atoms with Crippen LogP contribution in [0.5, 0.6) is 0 Å². The summed E-state index contributed by atoms with van der Waals surface area (Å²) >= 11 is 0. The third kappa shape index (κ3) is 4.99. The summed E-state index contributed by atoms with van der Waals surface area (Å²) in [6.45, 7) is 5.90. The summed E-state index contributed by atoms with van der Waals surface area (Å²) < 4.78 is 0. The lowest BCUT2D eigenvalue weighted by atomic mass is 9.95. The van der Waals surface area contributed by atoms with E-state index in [1.165, 1.54) is 57.9 Å². The van der Waals surface area contributed by atoms with Crippen molar-refractivity contribution in [3.63, 3.8) is 0 Å². The molecule has 0 amide bonds. The monoisotopic (exact) mass is 197 g/mol. The van der Waals surface area contributed by atoms with Crippen LogP contribution >= 0.6 is 0 Å². The molecule has 1 aliphatic rings. The van der Waals surface area contributed by atoms with Gasteiger partial charge in [-0.3, -0.25) is 0 Å². The summed E-state index contributed by atoms with van der Waals surface area (Å²) in [6.07, 6.45) is 11.3. The fourth-order valence-corrected chi connectivity index (χ4v) is 2.33. The second-order valence-corrected chi connectivity index (χ2v) is 4.99.